The quantitative estimate of drug-likeness (QED) is 0.784. The second-order valence-electron chi connectivity index (χ2n) is 5.56. The molecule has 0 aliphatic carbocycles. The smallest absolute Gasteiger partial charge is 0.230 e. The normalized spacial score (nSPS) is 17.1. The predicted octanol–water partition coefficient (Wildman–Crippen LogP) is 3.47. The van der Waals surface area contributed by atoms with Gasteiger partial charge >= 0.3 is 0 Å². The van der Waals surface area contributed by atoms with Crippen molar-refractivity contribution in [2.75, 3.05) is 13.1 Å². The van der Waals surface area contributed by atoms with E-state index < -0.39 is 5.82 Å². The first-order valence-corrected chi connectivity index (χ1v) is 8.55. The van der Waals surface area contributed by atoms with E-state index in [2.05, 4.69) is 15.0 Å². The molecule has 5 nitrogen and oxygen atoms in total. The van der Waals surface area contributed by atoms with Crippen molar-refractivity contribution in [3.63, 3.8) is 0 Å². The zero-order chi connectivity index (χ0) is 16.0. The van der Waals surface area contributed by atoms with Gasteiger partial charge in [0.1, 0.15) is 12.1 Å². The zero-order valence-electron chi connectivity index (χ0n) is 12.1. The Labute approximate surface area is 140 Å². The van der Waals surface area contributed by atoms with Crippen LogP contribution in [0.3, 0.4) is 0 Å². The standard InChI is InChI=1S/C15H14ClFN4OS/c16-10-7-9(3-4-11(10)17)12(20-5-1-2-6-20)13-14(22)21-15(23-13)18-8-19-21/h3-4,7-8,12,22H,1-2,5-6H2/t12-/m0/s1. The van der Waals surface area contributed by atoms with Gasteiger partial charge in [-0.05, 0) is 43.6 Å². The van der Waals surface area contributed by atoms with Gasteiger partial charge in [-0.2, -0.15) is 9.61 Å². The molecule has 0 amide bonds. The van der Waals surface area contributed by atoms with E-state index in [0.717, 1.165) is 36.4 Å². The van der Waals surface area contributed by atoms with Gasteiger partial charge in [0.05, 0.1) is 15.9 Å². The van der Waals surface area contributed by atoms with E-state index in [-0.39, 0.29) is 16.9 Å². The van der Waals surface area contributed by atoms with Gasteiger partial charge in [-0.15, -0.1) is 0 Å². The van der Waals surface area contributed by atoms with Gasteiger partial charge < -0.3 is 5.11 Å². The Morgan fingerprint density at radius 1 is 1.30 bits per heavy atom. The molecule has 4 rings (SSSR count). The summed E-state index contributed by atoms with van der Waals surface area (Å²) in [7, 11) is 0. The van der Waals surface area contributed by atoms with Crippen LogP contribution in [0.15, 0.2) is 24.5 Å². The summed E-state index contributed by atoms with van der Waals surface area (Å²) in [6, 6.07) is 4.55. The number of fused-ring (bicyclic) bond motifs is 1. The number of likely N-dealkylation sites (tertiary alicyclic amines) is 1. The average molecular weight is 353 g/mol. The lowest BCUT2D eigenvalue weighted by molar-refractivity contribution is 0.277. The van der Waals surface area contributed by atoms with Gasteiger partial charge in [0.25, 0.3) is 0 Å². The van der Waals surface area contributed by atoms with Crippen molar-refractivity contribution in [3.05, 3.63) is 45.8 Å². The van der Waals surface area contributed by atoms with Crippen LogP contribution in [0.2, 0.25) is 5.02 Å². The molecule has 0 unspecified atom stereocenters. The third kappa shape index (κ3) is 2.49. The molecule has 23 heavy (non-hydrogen) atoms. The van der Waals surface area contributed by atoms with E-state index in [1.165, 1.54) is 28.2 Å². The number of rotatable bonds is 3. The number of aromatic hydroxyl groups is 1. The Hall–Kier alpha value is -1.70. The predicted molar refractivity (Wildman–Crippen MR) is 86.6 cm³/mol. The lowest BCUT2D eigenvalue weighted by Crippen LogP contribution is -2.26. The zero-order valence-corrected chi connectivity index (χ0v) is 13.7. The molecule has 0 spiro atoms. The Balaban J connectivity index is 1.86. The molecule has 0 saturated carbocycles. The number of nitrogens with zero attached hydrogens (tertiary/aromatic N) is 4. The number of benzene rings is 1. The third-order valence-electron chi connectivity index (χ3n) is 4.15. The lowest BCUT2D eigenvalue weighted by Gasteiger charge is -2.27. The van der Waals surface area contributed by atoms with E-state index in [0.29, 0.717) is 4.96 Å². The van der Waals surface area contributed by atoms with Crippen LogP contribution in [0, 0.1) is 5.82 Å². The summed E-state index contributed by atoms with van der Waals surface area (Å²) in [6.07, 6.45) is 3.62. The van der Waals surface area contributed by atoms with Crippen molar-refractivity contribution in [2.45, 2.75) is 18.9 Å². The molecule has 1 atom stereocenters. The molecule has 2 aromatic heterocycles. The van der Waals surface area contributed by atoms with Gasteiger partial charge in [0.15, 0.2) is 0 Å². The van der Waals surface area contributed by atoms with Crippen molar-refractivity contribution in [1.29, 1.82) is 0 Å². The maximum absolute atomic E-state index is 13.5. The maximum Gasteiger partial charge on any atom is 0.230 e. The summed E-state index contributed by atoms with van der Waals surface area (Å²) < 4.78 is 14.9. The van der Waals surface area contributed by atoms with Crippen LogP contribution < -0.4 is 0 Å². The number of hydrogen-bond acceptors (Lipinski definition) is 5. The summed E-state index contributed by atoms with van der Waals surface area (Å²) in [5.41, 5.74) is 0.859. The first kappa shape index (κ1) is 14.9. The fraction of sp³-hybridized carbons (Fsp3) is 0.333. The van der Waals surface area contributed by atoms with E-state index >= 15 is 0 Å². The fourth-order valence-corrected chi connectivity index (χ4v) is 4.36. The van der Waals surface area contributed by atoms with Crippen molar-refractivity contribution in [1.82, 2.24) is 19.5 Å². The monoisotopic (exact) mass is 352 g/mol. The first-order chi connectivity index (χ1) is 11.1. The summed E-state index contributed by atoms with van der Waals surface area (Å²) in [5.74, 6) is -0.359. The molecule has 0 bridgehead atoms. The highest BCUT2D eigenvalue weighted by Crippen LogP contribution is 2.41. The van der Waals surface area contributed by atoms with E-state index in [4.69, 9.17) is 11.6 Å². The molecule has 120 valence electrons. The van der Waals surface area contributed by atoms with Crippen LogP contribution in [0.4, 0.5) is 4.39 Å². The van der Waals surface area contributed by atoms with Gasteiger partial charge in [0.2, 0.25) is 10.8 Å². The van der Waals surface area contributed by atoms with Crippen molar-refractivity contribution in [3.8, 4) is 5.88 Å². The lowest BCUT2D eigenvalue weighted by atomic mass is 10.0. The van der Waals surface area contributed by atoms with Gasteiger partial charge in [-0.1, -0.05) is 29.0 Å². The van der Waals surface area contributed by atoms with E-state index in [9.17, 15) is 9.50 Å². The highest BCUT2D eigenvalue weighted by Gasteiger charge is 2.31. The van der Waals surface area contributed by atoms with E-state index in [1.807, 2.05) is 0 Å². The molecular formula is C15H14ClFN4OS. The molecular weight excluding hydrogens is 339 g/mol. The SMILES string of the molecule is Oc1c([C@H](c2ccc(F)c(Cl)c2)N2CCCC2)sc2ncnn12. The molecule has 1 aliphatic rings. The molecule has 1 aliphatic heterocycles. The van der Waals surface area contributed by atoms with Crippen LogP contribution in [0.25, 0.3) is 4.96 Å². The Morgan fingerprint density at radius 2 is 2.09 bits per heavy atom. The van der Waals surface area contributed by atoms with Crippen molar-refractivity contribution >= 4 is 27.9 Å². The van der Waals surface area contributed by atoms with Gasteiger partial charge in [-0.3, -0.25) is 4.90 Å². The molecule has 1 N–H and O–H groups in total. The maximum atomic E-state index is 13.5. The second-order valence-corrected chi connectivity index (χ2v) is 6.98. The van der Waals surface area contributed by atoms with Crippen LogP contribution >= 0.6 is 22.9 Å². The van der Waals surface area contributed by atoms with Gasteiger partial charge in [0, 0.05) is 0 Å². The minimum atomic E-state index is -0.442. The Bertz CT molecular complexity index is 858. The van der Waals surface area contributed by atoms with Crippen molar-refractivity contribution < 1.29 is 9.50 Å². The van der Waals surface area contributed by atoms with Crippen LogP contribution in [-0.2, 0) is 0 Å². The minimum absolute atomic E-state index is 0.0832. The molecule has 1 aromatic carbocycles. The molecule has 3 aromatic rings. The van der Waals surface area contributed by atoms with Crippen LogP contribution in [0.5, 0.6) is 5.88 Å². The number of halogens is 2. The first-order valence-electron chi connectivity index (χ1n) is 7.35. The highest BCUT2D eigenvalue weighted by atomic mass is 35.5. The molecule has 1 fully saturated rings. The summed E-state index contributed by atoms with van der Waals surface area (Å²) in [5, 5.41) is 14.7. The number of thiazole rings is 1. The van der Waals surface area contributed by atoms with Crippen LogP contribution in [-0.4, -0.2) is 37.7 Å². The molecule has 1 saturated heterocycles. The summed E-state index contributed by atoms with van der Waals surface area (Å²) >= 11 is 7.36. The number of aromatic nitrogens is 3. The third-order valence-corrected chi connectivity index (χ3v) is 5.53. The minimum Gasteiger partial charge on any atom is -0.492 e. The average Bonchev–Trinajstić information content (AvgIpc) is 3.25. The Morgan fingerprint density at radius 3 is 2.78 bits per heavy atom. The topological polar surface area (TPSA) is 53.7 Å². The summed E-state index contributed by atoms with van der Waals surface area (Å²) in [6.45, 7) is 1.85. The fourth-order valence-electron chi connectivity index (χ4n) is 3.08. The molecule has 8 heteroatoms. The molecule has 0 radical (unpaired) electrons. The van der Waals surface area contributed by atoms with Gasteiger partial charge in [-0.25, -0.2) is 9.37 Å². The highest BCUT2D eigenvalue weighted by molar-refractivity contribution is 7.17. The Kier molecular flexibility index (Phi) is 3.71. The van der Waals surface area contributed by atoms with E-state index in [1.54, 1.807) is 12.1 Å². The molecule has 3 heterocycles. The number of hydrogen-bond donors (Lipinski definition) is 1. The van der Waals surface area contributed by atoms with Crippen LogP contribution in [0.1, 0.15) is 29.3 Å². The summed E-state index contributed by atoms with van der Waals surface area (Å²) in [4.78, 5) is 7.80. The largest absolute Gasteiger partial charge is 0.492 e. The second kappa shape index (κ2) is 5.74. The van der Waals surface area contributed by atoms with Crippen molar-refractivity contribution in [2.24, 2.45) is 0 Å².